The molecule has 4 aromatic rings. The maximum Gasteiger partial charge on any atom is 0.310 e. The number of benzene rings is 2. The van der Waals surface area contributed by atoms with Gasteiger partial charge < -0.3 is 14.0 Å². The molecule has 0 unspecified atom stereocenters. The van der Waals surface area contributed by atoms with Crippen molar-refractivity contribution < 1.29 is 22.9 Å². The van der Waals surface area contributed by atoms with E-state index in [9.17, 15) is 9.00 Å². The number of ether oxygens (including phenoxy) is 2. The van der Waals surface area contributed by atoms with Crippen molar-refractivity contribution in [3.63, 3.8) is 0 Å². The number of pyridine rings is 1. The summed E-state index contributed by atoms with van der Waals surface area (Å²) < 4.78 is 41.9. The Hall–Kier alpha value is -3.52. The number of hydrogen-bond donors (Lipinski definition) is 0. The van der Waals surface area contributed by atoms with Gasteiger partial charge in [-0.3, -0.25) is 14.0 Å². The van der Waals surface area contributed by atoms with Crippen LogP contribution in [0.15, 0.2) is 54.9 Å². The third kappa shape index (κ3) is 7.27. The van der Waals surface area contributed by atoms with Crippen molar-refractivity contribution in [3.8, 4) is 16.9 Å². The highest BCUT2D eigenvalue weighted by Gasteiger charge is 2.22. The Morgan fingerprint density at radius 1 is 1.10 bits per heavy atom. The van der Waals surface area contributed by atoms with Gasteiger partial charge in [-0.25, -0.2) is 4.39 Å². The first-order chi connectivity index (χ1) is 19.9. The molecule has 4 rings (SSSR count). The van der Waals surface area contributed by atoms with E-state index in [2.05, 4.69) is 29.5 Å². The number of esters is 1. The third-order valence-electron chi connectivity index (χ3n) is 7.17. The van der Waals surface area contributed by atoms with Gasteiger partial charge in [0.25, 0.3) is 0 Å². The topological polar surface area (TPSA) is 70.4 Å². The summed E-state index contributed by atoms with van der Waals surface area (Å²) in [6.45, 7) is 14.3. The smallest absolute Gasteiger partial charge is 0.310 e. The number of carbonyl (C=O) groups excluding carboxylic acids is 1. The first-order valence-electron chi connectivity index (χ1n) is 14.4. The van der Waals surface area contributed by atoms with Crippen molar-refractivity contribution >= 4 is 27.7 Å². The molecule has 8 heteroatoms. The lowest BCUT2D eigenvalue weighted by Gasteiger charge is -2.18. The summed E-state index contributed by atoms with van der Waals surface area (Å²) in [7, 11) is -1.11. The van der Waals surface area contributed by atoms with Gasteiger partial charge in [-0.15, -0.1) is 0 Å². The van der Waals surface area contributed by atoms with Crippen LogP contribution in [0.1, 0.15) is 70.0 Å². The van der Waals surface area contributed by atoms with Crippen molar-refractivity contribution in [1.82, 2.24) is 9.55 Å². The SMILES string of the molecule is CCOC(=O)Cc1ccc(C)cc1OCc1cc(-c2ccnc(CC[S@@](=O)C(C)(C)C)c2F)c2ccn(C(C)C)c2c1. The Morgan fingerprint density at radius 2 is 1.86 bits per heavy atom. The third-order valence-corrected chi connectivity index (χ3v) is 9.11. The lowest BCUT2D eigenvalue weighted by molar-refractivity contribution is -0.142. The van der Waals surface area contributed by atoms with Crippen LogP contribution < -0.4 is 4.74 Å². The summed E-state index contributed by atoms with van der Waals surface area (Å²) in [6, 6.07) is 13.7. The lowest BCUT2D eigenvalue weighted by Crippen LogP contribution is -2.25. The van der Waals surface area contributed by atoms with Crippen LogP contribution in [-0.2, 0) is 39.8 Å². The summed E-state index contributed by atoms with van der Waals surface area (Å²) in [5.74, 6) is 0.262. The summed E-state index contributed by atoms with van der Waals surface area (Å²) in [5, 5.41) is 0.931. The Balaban J connectivity index is 1.72. The fourth-order valence-corrected chi connectivity index (χ4v) is 5.90. The fraction of sp³-hybridized carbons (Fsp3) is 0.412. The number of nitrogens with zero attached hydrogens (tertiary/aromatic N) is 2. The molecule has 0 saturated heterocycles. The predicted molar refractivity (Wildman–Crippen MR) is 168 cm³/mol. The summed E-state index contributed by atoms with van der Waals surface area (Å²) in [6.07, 6.45) is 4.05. The predicted octanol–water partition coefficient (Wildman–Crippen LogP) is 7.51. The summed E-state index contributed by atoms with van der Waals surface area (Å²) in [5.41, 5.74) is 5.13. The van der Waals surface area contributed by atoms with Gasteiger partial charge in [0.1, 0.15) is 12.4 Å². The fourth-order valence-electron chi connectivity index (χ4n) is 4.91. The van der Waals surface area contributed by atoms with E-state index in [1.165, 1.54) is 0 Å². The molecular formula is C34H41FN2O4S. The molecule has 0 fully saturated rings. The molecule has 42 heavy (non-hydrogen) atoms. The van der Waals surface area contributed by atoms with E-state index in [0.29, 0.717) is 35.8 Å². The standard InChI is InChI=1S/C34H41FN2O4S/c1-8-40-32(38)20-25-10-9-23(4)17-31(25)41-21-24-18-28(26-12-15-37(22(2)3)30(26)19-24)27-11-14-36-29(33(27)35)13-16-42(39)34(5,6)7/h9-12,14-15,17-19,22H,8,13,16,20-21H2,1-7H3/t42-/m1/s1. The van der Waals surface area contributed by atoms with Crippen molar-refractivity contribution in [1.29, 1.82) is 0 Å². The van der Waals surface area contributed by atoms with Crippen LogP contribution in [0.5, 0.6) is 5.75 Å². The monoisotopic (exact) mass is 592 g/mol. The molecule has 0 saturated carbocycles. The van der Waals surface area contributed by atoms with Gasteiger partial charge in [-0.1, -0.05) is 12.1 Å². The Bertz CT molecular complexity index is 1600. The van der Waals surface area contributed by atoms with Crippen LogP contribution in [-0.4, -0.2) is 36.8 Å². The van der Waals surface area contributed by atoms with Gasteiger partial charge in [-0.05, 0) is 95.5 Å². The molecule has 2 heterocycles. The Kier molecular flexibility index (Phi) is 9.87. The lowest BCUT2D eigenvalue weighted by atomic mass is 9.98. The van der Waals surface area contributed by atoms with E-state index in [4.69, 9.17) is 9.47 Å². The average molecular weight is 593 g/mol. The molecule has 0 bridgehead atoms. The van der Waals surface area contributed by atoms with Crippen LogP contribution >= 0.6 is 0 Å². The molecule has 0 N–H and O–H groups in total. The number of hydrogen-bond acceptors (Lipinski definition) is 5. The molecular weight excluding hydrogens is 551 g/mol. The maximum absolute atomic E-state index is 16.0. The van der Waals surface area contributed by atoms with Gasteiger partial charge in [0, 0.05) is 68.2 Å². The largest absolute Gasteiger partial charge is 0.489 e. The van der Waals surface area contributed by atoms with Crippen LogP contribution in [0.4, 0.5) is 4.39 Å². The van der Waals surface area contributed by atoms with Gasteiger partial charge in [0.2, 0.25) is 0 Å². The van der Waals surface area contributed by atoms with E-state index in [0.717, 1.165) is 33.2 Å². The van der Waals surface area contributed by atoms with E-state index in [1.54, 1.807) is 19.2 Å². The summed E-state index contributed by atoms with van der Waals surface area (Å²) in [4.78, 5) is 16.5. The van der Waals surface area contributed by atoms with Crippen LogP contribution in [0.3, 0.4) is 0 Å². The molecule has 6 nitrogen and oxygen atoms in total. The molecule has 0 spiro atoms. The maximum atomic E-state index is 16.0. The van der Waals surface area contributed by atoms with E-state index in [-0.39, 0.29) is 29.8 Å². The number of fused-ring (bicyclic) bond motifs is 1. The van der Waals surface area contributed by atoms with Crippen LogP contribution in [0, 0.1) is 12.7 Å². The Morgan fingerprint density at radius 3 is 2.55 bits per heavy atom. The summed E-state index contributed by atoms with van der Waals surface area (Å²) >= 11 is 0. The number of aromatic nitrogens is 2. The average Bonchev–Trinajstić information content (AvgIpc) is 3.36. The van der Waals surface area contributed by atoms with E-state index >= 15 is 4.39 Å². The second-order valence-corrected chi connectivity index (χ2v) is 14.1. The highest BCUT2D eigenvalue weighted by molar-refractivity contribution is 7.86. The molecule has 0 radical (unpaired) electrons. The highest BCUT2D eigenvalue weighted by Crippen LogP contribution is 2.35. The van der Waals surface area contributed by atoms with Gasteiger partial charge in [0.15, 0.2) is 5.82 Å². The Labute approximate surface area is 250 Å². The first-order valence-corrected chi connectivity index (χ1v) is 15.7. The molecule has 0 aliphatic heterocycles. The second kappa shape index (κ2) is 13.2. The van der Waals surface area contributed by atoms with Gasteiger partial charge in [0.05, 0.1) is 18.7 Å². The van der Waals surface area contributed by atoms with E-state index in [1.807, 2.05) is 64.2 Å². The van der Waals surface area contributed by atoms with Crippen molar-refractivity contribution in [2.24, 2.45) is 0 Å². The molecule has 2 aromatic heterocycles. The zero-order valence-electron chi connectivity index (χ0n) is 25.6. The number of aryl methyl sites for hydroxylation is 2. The molecule has 1 atom stereocenters. The number of halogens is 1. The highest BCUT2D eigenvalue weighted by atomic mass is 32.2. The minimum atomic E-state index is -1.11. The van der Waals surface area contributed by atoms with Crippen molar-refractivity contribution in [2.45, 2.75) is 78.7 Å². The minimum absolute atomic E-state index is 0.120. The molecule has 0 aliphatic carbocycles. The molecule has 224 valence electrons. The van der Waals surface area contributed by atoms with Crippen LogP contribution in [0.2, 0.25) is 0 Å². The zero-order valence-corrected chi connectivity index (χ0v) is 26.4. The minimum Gasteiger partial charge on any atom is -0.489 e. The van der Waals surface area contributed by atoms with E-state index < -0.39 is 16.6 Å². The molecule has 0 aliphatic rings. The van der Waals surface area contributed by atoms with Crippen molar-refractivity contribution in [2.75, 3.05) is 12.4 Å². The quantitative estimate of drug-likeness (QED) is 0.169. The molecule has 2 aromatic carbocycles. The van der Waals surface area contributed by atoms with Gasteiger partial charge >= 0.3 is 5.97 Å². The normalized spacial score (nSPS) is 12.6. The number of rotatable bonds is 11. The van der Waals surface area contributed by atoms with Crippen molar-refractivity contribution in [3.05, 3.63) is 83.1 Å². The molecule has 0 amide bonds. The van der Waals surface area contributed by atoms with Gasteiger partial charge in [-0.2, -0.15) is 0 Å². The second-order valence-electron chi connectivity index (χ2n) is 11.8. The zero-order chi connectivity index (χ0) is 30.6. The first kappa shape index (κ1) is 31.4. The van der Waals surface area contributed by atoms with Crippen LogP contribution in [0.25, 0.3) is 22.0 Å². The number of carbonyl (C=O) groups is 1.